The zero-order valence-electron chi connectivity index (χ0n) is 28.9. The van der Waals surface area contributed by atoms with Crippen LogP contribution in [0.15, 0.2) is 85.1 Å². The van der Waals surface area contributed by atoms with E-state index in [1.807, 2.05) is 0 Å². The number of hydrogen-bond donors (Lipinski definition) is 2. The van der Waals surface area contributed by atoms with Crippen LogP contribution in [0.5, 0.6) is 0 Å². The summed E-state index contributed by atoms with van der Waals surface area (Å²) in [6, 6.07) is 22.5. The van der Waals surface area contributed by atoms with E-state index < -0.39 is 5.97 Å². The van der Waals surface area contributed by atoms with Crippen LogP contribution in [0.3, 0.4) is 0 Å². The molecule has 0 aliphatic carbocycles. The molecule has 0 amide bonds. The second kappa shape index (κ2) is 14.0. The highest BCUT2D eigenvalue weighted by molar-refractivity contribution is 5.94. The van der Waals surface area contributed by atoms with Crippen LogP contribution < -0.4 is 10.2 Å². The fraction of sp³-hybridized carbons (Fsp3) is 0.419. The van der Waals surface area contributed by atoms with E-state index in [9.17, 15) is 9.90 Å². The third-order valence-corrected chi connectivity index (χ3v) is 10.5. The lowest BCUT2D eigenvalue weighted by atomic mass is 9.72. The van der Waals surface area contributed by atoms with Crippen molar-refractivity contribution in [2.24, 2.45) is 0 Å². The molecule has 6 rings (SSSR count). The van der Waals surface area contributed by atoms with E-state index in [1.165, 1.54) is 55.2 Å². The Bertz CT molecular complexity index is 1810. The molecule has 0 radical (unpaired) electrons. The molecule has 4 heteroatoms. The van der Waals surface area contributed by atoms with Gasteiger partial charge >= 0.3 is 5.97 Å². The summed E-state index contributed by atoms with van der Waals surface area (Å²) in [4.78, 5) is 13.6. The number of nitrogens with zero attached hydrogens (tertiary/aromatic N) is 1. The predicted molar refractivity (Wildman–Crippen MR) is 200 cm³/mol. The van der Waals surface area contributed by atoms with Crippen molar-refractivity contribution in [2.75, 3.05) is 23.3 Å². The smallest absolute Gasteiger partial charge is 0.303 e. The summed E-state index contributed by atoms with van der Waals surface area (Å²) in [5, 5.41) is 18.4. The second-order valence-electron chi connectivity index (χ2n) is 15.0. The Morgan fingerprint density at radius 3 is 2.26 bits per heavy atom. The van der Waals surface area contributed by atoms with Gasteiger partial charge in [-0.25, -0.2) is 0 Å². The highest BCUT2D eigenvalue weighted by atomic mass is 16.4. The molecule has 2 N–H and O–H groups in total. The molecule has 4 aromatic carbocycles. The van der Waals surface area contributed by atoms with Gasteiger partial charge < -0.3 is 15.3 Å². The number of rotatable bonds is 11. The fourth-order valence-electron chi connectivity index (χ4n) is 7.97. The van der Waals surface area contributed by atoms with E-state index in [2.05, 4.69) is 123 Å². The minimum Gasteiger partial charge on any atom is -0.481 e. The lowest BCUT2D eigenvalue weighted by Gasteiger charge is -2.36. The van der Waals surface area contributed by atoms with Gasteiger partial charge in [-0.15, -0.1) is 0 Å². The van der Waals surface area contributed by atoms with Gasteiger partial charge in [0, 0.05) is 37.1 Å². The molecule has 1 unspecified atom stereocenters. The van der Waals surface area contributed by atoms with Gasteiger partial charge in [-0.3, -0.25) is 4.79 Å². The van der Waals surface area contributed by atoms with Crippen LogP contribution in [-0.4, -0.2) is 24.2 Å². The van der Waals surface area contributed by atoms with Crippen molar-refractivity contribution in [1.29, 1.82) is 0 Å². The zero-order chi connectivity index (χ0) is 33.0. The number of aliphatic carboxylic acids is 1. The van der Waals surface area contributed by atoms with Gasteiger partial charge in [0.2, 0.25) is 0 Å². The molecule has 2 aliphatic rings. The molecule has 2 heterocycles. The first kappa shape index (κ1) is 32.9. The number of carbonyl (C=O) groups is 1. The second-order valence-corrected chi connectivity index (χ2v) is 15.0. The Labute approximate surface area is 281 Å². The molecule has 0 fully saturated rings. The minimum atomic E-state index is -0.700. The molecule has 246 valence electrons. The SMILES string of the molecule is CC(C)(C)c1cc2ccccc2c2c1N(/C=C/C=C/CC(C)(CCCCCC(=O)O)c1cc3ccccc3c3c1NCCC3)CCC2. The third-order valence-electron chi connectivity index (χ3n) is 10.5. The summed E-state index contributed by atoms with van der Waals surface area (Å²) in [5.74, 6) is -0.700. The summed E-state index contributed by atoms with van der Waals surface area (Å²) in [5.41, 5.74) is 8.47. The average molecular weight is 629 g/mol. The first-order valence-corrected chi connectivity index (χ1v) is 17.8. The number of fused-ring (bicyclic) bond motifs is 6. The summed E-state index contributed by atoms with van der Waals surface area (Å²) < 4.78 is 0. The maximum Gasteiger partial charge on any atom is 0.303 e. The molecular weight excluding hydrogens is 576 g/mol. The van der Waals surface area contributed by atoms with E-state index >= 15 is 0 Å². The van der Waals surface area contributed by atoms with Gasteiger partial charge in [-0.2, -0.15) is 0 Å². The zero-order valence-corrected chi connectivity index (χ0v) is 28.9. The fourth-order valence-corrected chi connectivity index (χ4v) is 7.97. The molecule has 0 saturated heterocycles. The summed E-state index contributed by atoms with van der Waals surface area (Å²) in [7, 11) is 0. The van der Waals surface area contributed by atoms with Crippen LogP contribution in [0.25, 0.3) is 21.5 Å². The first-order chi connectivity index (χ1) is 22.7. The number of nitrogens with one attached hydrogen (secondary N) is 1. The number of carboxylic acids is 1. The lowest BCUT2D eigenvalue weighted by Crippen LogP contribution is -2.28. The van der Waals surface area contributed by atoms with E-state index in [4.69, 9.17) is 0 Å². The predicted octanol–water partition coefficient (Wildman–Crippen LogP) is 10.9. The molecular formula is C43H52N2O2. The first-order valence-electron chi connectivity index (χ1n) is 17.8. The molecule has 1 atom stereocenters. The Balaban J connectivity index is 1.29. The van der Waals surface area contributed by atoms with Gasteiger partial charge in [-0.1, -0.05) is 101 Å². The molecule has 4 nitrogen and oxygen atoms in total. The Morgan fingerprint density at radius 2 is 1.53 bits per heavy atom. The van der Waals surface area contributed by atoms with Crippen LogP contribution in [0.4, 0.5) is 11.4 Å². The van der Waals surface area contributed by atoms with Crippen LogP contribution in [-0.2, 0) is 28.5 Å². The number of benzene rings is 4. The molecule has 47 heavy (non-hydrogen) atoms. The van der Waals surface area contributed by atoms with Gasteiger partial charge in [0.25, 0.3) is 0 Å². The number of unbranched alkanes of at least 4 members (excludes halogenated alkanes) is 2. The molecule has 0 spiro atoms. The number of carboxylic acid groups (broad SMARTS) is 1. The van der Waals surface area contributed by atoms with Crippen molar-refractivity contribution in [3.8, 4) is 0 Å². The third kappa shape index (κ3) is 7.12. The maximum atomic E-state index is 11.1. The summed E-state index contributed by atoms with van der Waals surface area (Å²) in [6.07, 6.45) is 18.6. The molecule has 0 aromatic heterocycles. The van der Waals surface area contributed by atoms with Crippen molar-refractivity contribution in [3.63, 3.8) is 0 Å². The van der Waals surface area contributed by atoms with Crippen LogP contribution in [0, 0.1) is 0 Å². The van der Waals surface area contributed by atoms with Gasteiger partial charge in [0.15, 0.2) is 0 Å². The Kier molecular flexibility index (Phi) is 9.77. The van der Waals surface area contributed by atoms with E-state index in [0.717, 1.165) is 70.9 Å². The lowest BCUT2D eigenvalue weighted by molar-refractivity contribution is -0.137. The van der Waals surface area contributed by atoms with Crippen molar-refractivity contribution in [3.05, 3.63) is 107 Å². The van der Waals surface area contributed by atoms with E-state index in [1.54, 1.807) is 0 Å². The van der Waals surface area contributed by atoms with Crippen molar-refractivity contribution < 1.29 is 9.90 Å². The Hall–Kier alpha value is -4.05. The highest BCUT2D eigenvalue weighted by Gasteiger charge is 2.31. The van der Waals surface area contributed by atoms with Gasteiger partial charge in [-0.05, 0) is 118 Å². The Morgan fingerprint density at radius 1 is 0.851 bits per heavy atom. The quantitative estimate of drug-likeness (QED) is 0.128. The topological polar surface area (TPSA) is 52.6 Å². The van der Waals surface area contributed by atoms with Crippen LogP contribution >= 0.6 is 0 Å². The summed E-state index contributed by atoms with van der Waals surface area (Å²) >= 11 is 0. The number of aryl methyl sites for hydroxylation is 2. The molecule has 0 bridgehead atoms. The van der Waals surface area contributed by atoms with Crippen molar-refractivity contribution in [1.82, 2.24) is 0 Å². The maximum absolute atomic E-state index is 11.1. The van der Waals surface area contributed by atoms with Gasteiger partial charge in [0.1, 0.15) is 0 Å². The highest BCUT2D eigenvalue weighted by Crippen LogP contribution is 2.45. The number of anilines is 2. The minimum absolute atomic E-state index is 0.0483. The largest absolute Gasteiger partial charge is 0.481 e. The van der Waals surface area contributed by atoms with Crippen LogP contribution in [0.2, 0.25) is 0 Å². The monoisotopic (exact) mass is 628 g/mol. The normalized spacial score (nSPS) is 16.4. The molecule has 4 aromatic rings. The van der Waals surface area contributed by atoms with E-state index in [-0.39, 0.29) is 17.3 Å². The van der Waals surface area contributed by atoms with Crippen molar-refractivity contribution in [2.45, 2.75) is 103 Å². The standard InChI is InChI=1S/C43H52N2O2/c1-42(2,3)38-30-32-18-9-11-20-34(32)36-22-16-28-45(41(36)38)27-14-6-13-25-43(4,24-12-5-7-23-39(46)47)37-29-31-17-8-10-19-33(31)35-21-15-26-44-40(35)37/h6,8-11,13-14,17-20,27,29-30,44H,5,7,12,15-16,21-26,28H2,1-4H3,(H,46,47)/b13-6+,27-14+. The summed E-state index contributed by atoms with van der Waals surface area (Å²) in [6.45, 7) is 11.4. The van der Waals surface area contributed by atoms with Crippen molar-refractivity contribution >= 4 is 38.9 Å². The number of allylic oxidation sites excluding steroid dienone is 3. The van der Waals surface area contributed by atoms with Gasteiger partial charge in [0.05, 0.1) is 0 Å². The molecule has 2 aliphatic heterocycles. The van der Waals surface area contributed by atoms with E-state index in [0.29, 0.717) is 0 Å². The number of hydrogen-bond acceptors (Lipinski definition) is 3. The average Bonchev–Trinajstić information content (AvgIpc) is 3.06. The molecule has 0 saturated carbocycles. The van der Waals surface area contributed by atoms with Crippen LogP contribution in [0.1, 0.15) is 101 Å².